The minimum absolute atomic E-state index is 0.934. The summed E-state index contributed by atoms with van der Waals surface area (Å²) in [5.41, 5.74) is 10.8. The van der Waals surface area contributed by atoms with Crippen molar-refractivity contribution in [3.63, 3.8) is 0 Å². The highest BCUT2D eigenvalue weighted by molar-refractivity contribution is 6.11. The Bertz CT molecular complexity index is 2480. The van der Waals surface area contributed by atoms with Crippen molar-refractivity contribution in [3.05, 3.63) is 152 Å². The predicted molar refractivity (Wildman–Crippen MR) is 182 cm³/mol. The van der Waals surface area contributed by atoms with Crippen molar-refractivity contribution in [2.24, 2.45) is 7.05 Å². The second-order valence-corrected chi connectivity index (χ2v) is 11.4. The number of pyridine rings is 1. The predicted octanol–water partition coefficient (Wildman–Crippen LogP) is 8.98. The van der Waals surface area contributed by atoms with Gasteiger partial charge in [-0.25, -0.2) is 4.98 Å². The summed E-state index contributed by atoms with van der Waals surface area (Å²) in [6, 6.07) is 42.7. The summed E-state index contributed by atoms with van der Waals surface area (Å²) in [5.74, 6) is 0.934. The third kappa shape index (κ3) is 4.11. The van der Waals surface area contributed by atoms with Gasteiger partial charge >= 0.3 is 0 Å². The van der Waals surface area contributed by atoms with Gasteiger partial charge in [0.2, 0.25) is 0 Å². The number of fused-ring (bicyclic) bond motifs is 4. The van der Waals surface area contributed by atoms with E-state index < -0.39 is 0 Å². The molecule has 0 fully saturated rings. The van der Waals surface area contributed by atoms with Crippen LogP contribution >= 0.6 is 0 Å². The van der Waals surface area contributed by atoms with Gasteiger partial charge in [-0.05, 0) is 91.0 Å². The number of aryl methyl sites for hydroxylation is 1. The van der Waals surface area contributed by atoms with Crippen molar-refractivity contribution in [3.8, 4) is 39.7 Å². The van der Waals surface area contributed by atoms with E-state index in [1.54, 1.807) is 0 Å². The van der Waals surface area contributed by atoms with Crippen molar-refractivity contribution in [1.82, 2.24) is 28.2 Å². The smallest absolute Gasteiger partial charge is 0.140 e. The molecule has 0 unspecified atom stereocenters. The molecule has 0 aliphatic rings. The number of rotatable bonds is 5. The van der Waals surface area contributed by atoms with Crippen molar-refractivity contribution < 1.29 is 0 Å². The summed E-state index contributed by atoms with van der Waals surface area (Å²) in [6.07, 6.45) is 10.1. The summed E-state index contributed by atoms with van der Waals surface area (Å²) < 4.78 is 8.84. The van der Waals surface area contributed by atoms with Crippen LogP contribution in [-0.2, 0) is 7.05 Å². The van der Waals surface area contributed by atoms with Gasteiger partial charge < -0.3 is 18.3 Å². The quantitative estimate of drug-likeness (QED) is 0.204. The number of hydrogen-bond donors (Lipinski definition) is 0. The number of benzene rings is 4. The van der Waals surface area contributed by atoms with Gasteiger partial charge in [-0.2, -0.15) is 0 Å². The lowest BCUT2D eigenvalue weighted by Crippen LogP contribution is -1.97. The summed E-state index contributed by atoms with van der Waals surface area (Å²) in [5, 5.41) is 2.40. The molecule has 5 heterocycles. The molecule has 45 heavy (non-hydrogen) atoms. The Kier molecular flexibility index (Phi) is 5.62. The Balaban J connectivity index is 1.27. The first kappa shape index (κ1) is 25.4. The van der Waals surface area contributed by atoms with Gasteiger partial charge in [0.25, 0.3) is 0 Å². The van der Waals surface area contributed by atoms with Crippen molar-refractivity contribution in [2.45, 2.75) is 0 Å². The van der Waals surface area contributed by atoms with Crippen LogP contribution in [0.4, 0.5) is 0 Å². The average Bonchev–Trinajstić information content (AvgIpc) is 3.91. The van der Waals surface area contributed by atoms with Crippen LogP contribution in [0.15, 0.2) is 152 Å². The maximum atomic E-state index is 5.10. The Morgan fingerprint density at radius 3 is 2.07 bits per heavy atom. The maximum absolute atomic E-state index is 5.10. The van der Waals surface area contributed by atoms with Crippen LogP contribution in [0, 0.1) is 0 Å². The van der Waals surface area contributed by atoms with Crippen molar-refractivity contribution >= 4 is 32.8 Å². The van der Waals surface area contributed by atoms with Crippen LogP contribution in [0.3, 0.4) is 0 Å². The third-order valence-corrected chi connectivity index (χ3v) is 8.74. The highest BCUT2D eigenvalue weighted by atomic mass is 15.1. The van der Waals surface area contributed by atoms with E-state index in [0.717, 1.165) is 61.8 Å². The molecular formula is C39H28N6. The monoisotopic (exact) mass is 580 g/mol. The van der Waals surface area contributed by atoms with E-state index in [9.17, 15) is 0 Å². The Morgan fingerprint density at radius 1 is 0.511 bits per heavy atom. The molecule has 6 heteroatoms. The highest BCUT2D eigenvalue weighted by Gasteiger charge is 2.17. The molecule has 0 radical (unpaired) electrons. The zero-order valence-corrected chi connectivity index (χ0v) is 24.6. The molecular weight excluding hydrogens is 552 g/mol. The summed E-state index contributed by atoms with van der Waals surface area (Å²) in [4.78, 5) is 9.72. The van der Waals surface area contributed by atoms with Crippen LogP contribution in [0.1, 0.15) is 0 Å². The van der Waals surface area contributed by atoms with E-state index in [4.69, 9.17) is 4.98 Å². The number of aromatic nitrogens is 6. The molecule has 4 aromatic carbocycles. The van der Waals surface area contributed by atoms with Crippen LogP contribution in [0.5, 0.6) is 0 Å². The molecule has 0 aliphatic carbocycles. The molecule has 0 N–H and O–H groups in total. The van der Waals surface area contributed by atoms with Crippen LogP contribution in [0.2, 0.25) is 0 Å². The second-order valence-electron chi connectivity index (χ2n) is 11.4. The summed E-state index contributed by atoms with van der Waals surface area (Å²) in [6.45, 7) is 0. The van der Waals surface area contributed by atoms with Crippen LogP contribution < -0.4 is 0 Å². The van der Waals surface area contributed by atoms with E-state index in [1.807, 2.05) is 30.5 Å². The molecule has 214 valence electrons. The van der Waals surface area contributed by atoms with E-state index in [1.165, 1.54) is 10.8 Å². The molecule has 9 aromatic rings. The van der Waals surface area contributed by atoms with Gasteiger partial charge in [-0.1, -0.05) is 30.3 Å². The zero-order chi connectivity index (χ0) is 29.9. The fourth-order valence-electron chi connectivity index (χ4n) is 6.53. The SMILES string of the molecule is Cn1c(-c2ccc3c4cc(-n5cccc5)ccc4n(-c4cccc(-c5ccccn5)c4)c3c2)nc2ccc(-n3cccc3)cc21. The third-order valence-electron chi connectivity index (χ3n) is 8.74. The lowest BCUT2D eigenvalue weighted by molar-refractivity contribution is 0.957. The largest absolute Gasteiger partial charge is 0.327 e. The van der Waals surface area contributed by atoms with Crippen molar-refractivity contribution in [1.29, 1.82) is 0 Å². The molecule has 0 bridgehead atoms. The summed E-state index contributed by atoms with van der Waals surface area (Å²) in [7, 11) is 2.10. The van der Waals surface area contributed by atoms with Gasteiger partial charge in [-0.15, -0.1) is 0 Å². The second kappa shape index (κ2) is 9.96. The molecule has 6 nitrogen and oxygen atoms in total. The van der Waals surface area contributed by atoms with E-state index in [0.29, 0.717) is 0 Å². The highest BCUT2D eigenvalue weighted by Crippen LogP contribution is 2.37. The van der Waals surface area contributed by atoms with Crippen LogP contribution in [0.25, 0.3) is 72.5 Å². The average molecular weight is 581 g/mol. The standard InChI is InChI=1S/C39H28N6/c1-42-38-26-30(44-21-6-7-22-44)13-16-35(38)41-39(42)28-12-15-32-33-25-29(43-19-4-5-20-43)14-17-36(33)45(37(32)24-28)31-10-8-9-27(23-31)34-11-2-3-18-40-34/h2-26H,1H3. The van der Waals surface area contributed by atoms with Crippen LogP contribution in [-0.4, -0.2) is 28.2 Å². The minimum atomic E-state index is 0.934. The Hall–Kier alpha value is -6.14. The molecule has 0 aliphatic heterocycles. The lowest BCUT2D eigenvalue weighted by Gasteiger charge is -2.11. The molecule has 0 spiro atoms. The number of imidazole rings is 1. The van der Waals surface area contributed by atoms with Crippen molar-refractivity contribution in [2.75, 3.05) is 0 Å². The normalized spacial score (nSPS) is 11.7. The van der Waals surface area contributed by atoms with E-state index in [-0.39, 0.29) is 0 Å². The van der Waals surface area contributed by atoms with Gasteiger partial charge in [-0.3, -0.25) is 4.98 Å². The van der Waals surface area contributed by atoms with Gasteiger partial charge in [0, 0.05) is 77.0 Å². The maximum Gasteiger partial charge on any atom is 0.140 e. The van der Waals surface area contributed by atoms with E-state index >= 15 is 0 Å². The van der Waals surface area contributed by atoms with Gasteiger partial charge in [0.05, 0.1) is 27.8 Å². The molecule has 0 saturated carbocycles. The Morgan fingerprint density at radius 2 is 1.29 bits per heavy atom. The van der Waals surface area contributed by atoms with Gasteiger partial charge in [0.1, 0.15) is 5.82 Å². The zero-order valence-electron chi connectivity index (χ0n) is 24.6. The minimum Gasteiger partial charge on any atom is -0.327 e. The molecule has 5 aromatic heterocycles. The first-order valence-corrected chi connectivity index (χ1v) is 15.0. The van der Waals surface area contributed by atoms with Gasteiger partial charge in [0.15, 0.2) is 0 Å². The fourth-order valence-corrected chi connectivity index (χ4v) is 6.53. The molecule has 0 atom stereocenters. The van der Waals surface area contributed by atoms with E-state index in [2.05, 4.69) is 152 Å². The first-order chi connectivity index (χ1) is 22.2. The first-order valence-electron chi connectivity index (χ1n) is 15.0. The summed E-state index contributed by atoms with van der Waals surface area (Å²) >= 11 is 0. The molecule has 9 rings (SSSR count). The molecule has 0 amide bonds. The topological polar surface area (TPSA) is 45.5 Å². The Labute approximate surface area is 259 Å². The fraction of sp³-hybridized carbons (Fsp3) is 0.0256. The lowest BCUT2D eigenvalue weighted by atomic mass is 10.1. The number of hydrogen-bond acceptors (Lipinski definition) is 2. The number of nitrogens with zero attached hydrogens (tertiary/aromatic N) is 6. The molecule has 0 saturated heterocycles.